The highest BCUT2D eigenvalue weighted by Crippen LogP contribution is 2.08. The van der Waals surface area contributed by atoms with Crippen LogP contribution in [0.25, 0.3) is 0 Å². The Balaban J connectivity index is 2.33. The number of hydrogen-bond acceptors (Lipinski definition) is 2. The first-order valence-electron chi connectivity index (χ1n) is 5.29. The van der Waals surface area contributed by atoms with Crippen molar-refractivity contribution >= 4 is 0 Å². The maximum atomic E-state index is 9.87. The van der Waals surface area contributed by atoms with Gasteiger partial charge in [-0.1, -0.05) is 30.3 Å². The molecule has 3 nitrogen and oxygen atoms in total. The van der Waals surface area contributed by atoms with E-state index >= 15 is 0 Å². The highest BCUT2D eigenvalue weighted by Gasteiger charge is 2.11. The highest BCUT2D eigenvalue weighted by atomic mass is 16.5. The van der Waals surface area contributed by atoms with Gasteiger partial charge < -0.3 is 15.2 Å². The van der Waals surface area contributed by atoms with Gasteiger partial charge in [0.1, 0.15) is 18.7 Å². The van der Waals surface area contributed by atoms with Crippen molar-refractivity contribution in [3.8, 4) is 0 Å². The summed E-state index contributed by atoms with van der Waals surface area (Å²) >= 11 is 0. The van der Waals surface area contributed by atoms with E-state index in [2.05, 4.69) is 12.2 Å². The Morgan fingerprint density at radius 3 is 2.60 bits per heavy atom. The van der Waals surface area contributed by atoms with Gasteiger partial charge in [-0.15, -0.1) is 0 Å². The Morgan fingerprint density at radius 1 is 1.33 bits per heavy atom. The summed E-state index contributed by atoms with van der Waals surface area (Å²) in [4.78, 5) is 0. The molecular weight excluding hydrogens is 190 g/mol. The van der Waals surface area contributed by atoms with Crippen LogP contribution in [0.4, 0.5) is 0 Å². The quantitative estimate of drug-likeness (QED) is 0.710. The van der Waals surface area contributed by atoms with E-state index in [1.165, 1.54) is 0 Å². The molecule has 84 valence electrons. The predicted molar refractivity (Wildman–Crippen MR) is 59.5 cm³/mol. The van der Waals surface area contributed by atoms with Crippen molar-refractivity contribution in [1.29, 1.82) is 0 Å². The molecule has 0 saturated heterocycles. The molecule has 1 aromatic carbocycles. The molecule has 0 saturated carbocycles. The van der Waals surface area contributed by atoms with E-state index in [1.54, 1.807) is 7.11 Å². The normalized spacial score (nSPS) is 14.9. The standard InChI is InChI=1S/C12H19NO2/c1-10(9-15-2)13-8-12(14)11-6-4-3-5-7-11/h3-7,10,12-14H,8-9H2,1-2H3/p+1/t10-,12-/m0/s1. The molecule has 1 rings (SSSR count). The van der Waals surface area contributed by atoms with Gasteiger partial charge in [0.15, 0.2) is 0 Å². The molecule has 0 fully saturated rings. The van der Waals surface area contributed by atoms with E-state index in [1.807, 2.05) is 30.3 Å². The fourth-order valence-electron chi connectivity index (χ4n) is 1.50. The number of benzene rings is 1. The van der Waals surface area contributed by atoms with Crippen LogP contribution in [0.5, 0.6) is 0 Å². The Morgan fingerprint density at radius 2 is 2.00 bits per heavy atom. The van der Waals surface area contributed by atoms with Crippen LogP contribution in [-0.4, -0.2) is 31.4 Å². The molecule has 0 aliphatic rings. The van der Waals surface area contributed by atoms with Crippen molar-refractivity contribution in [2.24, 2.45) is 0 Å². The highest BCUT2D eigenvalue weighted by molar-refractivity contribution is 5.16. The number of hydrogen-bond donors (Lipinski definition) is 2. The number of rotatable bonds is 6. The number of ether oxygens (including phenoxy) is 1. The second-order valence-electron chi connectivity index (χ2n) is 3.83. The molecule has 0 heterocycles. The summed E-state index contributed by atoms with van der Waals surface area (Å²) in [7, 11) is 1.69. The number of quaternary nitrogens is 1. The first-order valence-corrected chi connectivity index (χ1v) is 5.29. The van der Waals surface area contributed by atoms with Crippen LogP contribution in [0.15, 0.2) is 30.3 Å². The Bertz CT molecular complexity index is 264. The van der Waals surface area contributed by atoms with Gasteiger partial charge in [0, 0.05) is 7.11 Å². The average molecular weight is 210 g/mol. The fourth-order valence-corrected chi connectivity index (χ4v) is 1.50. The van der Waals surface area contributed by atoms with Crippen molar-refractivity contribution in [2.75, 3.05) is 20.3 Å². The summed E-state index contributed by atoms with van der Waals surface area (Å²) < 4.78 is 5.03. The van der Waals surface area contributed by atoms with Crippen LogP contribution in [0, 0.1) is 0 Å². The summed E-state index contributed by atoms with van der Waals surface area (Å²) in [5.74, 6) is 0. The molecule has 0 unspecified atom stereocenters. The van der Waals surface area contributed by atoms with Gasteiger partial charge in [-0.3, -0.25) is 0 Å². The largest absolute Gasteiger partial charge is 0.382 e. The average Bonchev–Trinajstić information content (AvgIpc) is 2.27. The van der Waals surface area contributed by atoms with Crippen LogP contribution in [-0.2, 0) is 4.74 Å². The molecule has 3 N–H and O–H groups in total. The molecule has 0 amide bonds. The van der Waals surface area contributed by atoms with Gasteiger partial charge in [0.2, 0.25) is 0 Å². The smallest absolute Gasteiger partial charge is 0.128 e. The van der Waals surface area contributed by atoms with Crippen LogP contribution in [0.1, 0.15) is 18.6 Å². The fraction of sp³-hybridized carbons (Fsp3) is 0.500. The van der Waals surface area contributed by atoms with Crippen LogP contribution < -0.4 is 5.32 Å². The summed E-state index contributed by atoms with van der Waals surface area (Å²) in [6, 6.07) is 10.1. The topological polar surface area (TPSA) is 46.1 Å². The molecule has 0 spiro atoms. The SMILES string of the molecule is COC[C@H](C)[NH2+]C[C@H](O)c1ccccc1. The maximum absolute atomic E-state index is 9.87. The number of aliphatic hydroxyl groups excluding tert-OH is 1. The zero-order valence-electron chi connectivity index (χ0n) is 9.39. The summed E-state index contributed by atoms with van der Waals surface area (Å²) in [6.07, 6.45) is -0.398. The van der Waals surface area contributed by atoms with Gasteiger partial charge >= 0.3 is 0 Å². The van der Waals surface area contributed by atoms with Gasteiger partial charge in [-0.05, 0) is 12.5 Å². The van der Waals surface area contributed by atoms with Crippen LogP contribution in [0.3, 0.4) is 0 Å². The molecule has 0 bridgehead atoms. The van der Waals surface area contributed by atoms with Crippen molar-refractivity contribution in [1.82, 2.24) is 0 Å². The third-order valence-electron chi connectivity index (χ3n) is 2.38. The van der Waals surface area contributed by atoms with Crippen molar-refractivity contribution in [3.05, 3.63) is 35.9 Å². The number of nitrogens with two attached hydrogens (primary N) is 1. The number of methoxy groups -OCH3 is 1. The minimum atomic E-state index is -0.398. The van der Waals surface area contributed by atoms with Crippen LogP contribution in [0.2, 0.25) is 0 Å². The molecule has 1 aromatic rings. The Hall–Kier alpha value is -0.900. The van der Waals surface area contributed by atoms with Crippen molar-refractivity contribution in [2.45, 2.75) is 19.1 Å². The van der Waals surface area contributed by atoms with Crippen molar-refractivity contribution in [3.63, 3.8) is 0 Å². The number of aliphatic hydroxyl groups is 1. The van der Waals surface area contributed by atoms with E-state index in [4.69, 9.17) is 4.74 Å². The van der Waals surface area contributed by atoms with E-state index in [0.29, 0.717) is 19.2 Å². The molecule has 15 heavy (non-hydrogen) atoms. The van der Waals surface area contributed by atoms with Gasteiger partial charge in [-0.25, -0.2) is 0 Å². The van der Waals surface area contributed by atoms with E-state index < -0.39 is 6.10 Å². The zero-order chi connectivity index (χ0) is 11.1. The molecule has 0 radical (unpaired) electrons. The third-order valence-corrected chi connectivity index (χ3v) is 2.38. The first kappa shape index (κ1) is 12.2. The summed E-state index contributed by atoms with van der Waals surface area (Å²) in [6.45, 7) is 3.47. The Labute approximate surface area is 91.1 Å². The van der Waals surface area contributed by atoms with E-state index in [0.717, 1.165) is 5.56 Å². The summed E-state index contributed by atoms with van der Waals surface area (Å²) in [5, 5.41) is 12.0. The molecular formula is C12H20NO2+. The molecule has 3 heteroatoms. The molecule has 0 aliphatic heterocycles. The molecule has 0 aromatic heterocycles. The van der Waals surface area contributed by atoms with E-state index in [9.17, 15) is 5.11 Å². The van der Waals surface area contributed by atoms with Gasteiger partial charge in [0.05, 0.1) is 6.61 Å². The minimum Gasteiger partial charge on any atom is -0.382 e. The first-order chi connectivity index (χ1) is 7.24. The van der Waals surface area contributed by atoms with Gasteiger partial charge in [-0.2, -0.15) is 0 Å². The van der Waals surface area contributed by atoms with Gasteiger partial charge in [0.25, 0.3) is 0 Å². The lowest BCUT2D eigenvalue weighted by Gasteiger charge is -2.13. The summed E-state index contributed by atoms with van der Waals surface area (Å²) in [5.41, 5.74) is 0.971. The molecule has 0 aliphatic carbocycles. The molecule has 2 atom stereocenters. The second-order valence-corrected chi connectivity index (χ2v) is 3.83. The third kappa shape index (κ3) is 4.42. The maximum Gasteiger partial charge on any atom is 0.128 e. The predicted octanol–water partition coefficient (Wildman–Crippen LogP) is 0.318. The lowest BCUT2D eigenvalue weighted by atomic mass is 10.1. The zero-order valence-corrected chi connectivity index (χ0v) is 9.39. The lowest BCUT2D eigenvalue weighted by molar-refractivity contribution is -0.694. The lowest BCUT2D eigenvalue weighted by Crippen LogP contribution is -2.91. The van der Waals surface area contributed by atoms with Crippen molar-refractivity contribution < 1.29 is 15.2 Å². The van der Waals surface area contributed by atoms with Crippen LogP contribution >= 0.6 is 0 Å². The second kappa shape index (κ2) is 6.56. The monoisotopic (exact) mass is 210 g/mol. The Kier molecular flexibility index (Phi) is 5.32. The minimum absolute atomic E-state index is 0.383. The van der Waals surface area contributed by atoms with E-state index in [-0.39, 0.29) is 0 Å².